The molecule has 2 nitrogen and oxygen atoms in total. The molecular weight excluding hydrogens is 150 g/mol. The van der Waals surface area contributed by atoms with E-state index in [2.05, 4.69) is 5.32 Å². The molecule has 1 saturated heterocycles. The van der Waals surface area contributed by atoms with E-state index in [0.29, 0.717) is 5.92 Å². The largest absolute Gasteiger partial charge is 0.316 e. The number of ketones is 1. The second-order valence-corrected chi connectivity index (χ2v) is 3.75. The van der Waals surface area contributed by atoms with Crippen molar-refractivity contribution in [2.75, 3.05) is 13.1 Å². The van der Waals surface area contributed by atoms with Crippen LogP contribution in [0.15, 0.2) is 11.6 Å². The summed E-state index contributed by atoms with van der Waals surface area (Å²) in [5.74, 6) is 0.858. The van der Waals surface area contributed by atoms with Crippen LogP contribution in [-0.4, -0.2) is 18.9 Å². The molecule has 0 amide bonds. The third kappa shape index (κ3) is 3.18. The van der Waals surface area contributed by atoms with Crippen LogP contribution in [0.3, 0.4) is 0 Å². The van der Waals surface area contributed by atoms with Crippen LogP contribution < -0.4 is 5.32 Å². The molecule has 1 aliphatic heterocycles. The van der Waals surface area contributed by atoms with E-state index in [1.807, 2.05) is 13.8 Å². The Labute approximate surface area is 74.0 Å². The number of carbonyl (C=O) groups excluding carboxylic acids is 1. The van der Waals surface area contributed by atoms with Crippen LogP contribution in [-0.2, 0) is 4.79 Å². The van der Waals surface area contributed by atoms with Crippen molar-refractivity contribution in [3.05, 3.63) is 11.6 Å². The summed E-state index contributed by atoms with van der Waals surface area (Å²) in [7, 11) is 0. The molecule has 0 aromatic carbocycles. The smallest absolute Gasteiger partial charge is 0.155 e. The summed E-state index contributed by atoms with van der Waals surface area (Å²) >= 11 is 0. The molecule has 0 aromatic heterocycles. The zero-order valence-corrected chi connectivity index (χ0v) is 7.89. The van der Waals surface area contributed by atoms with Crippen LogP contribution >= 0.6 is 0 Å². The first-order chi connectivity index (χ1) is 5.68. The Morgan fingerprint density at radius 2 is 2.33 bits per heavy atom. The molecule has 0 aromatic rings. The zero-order chi connectivity index (χ0) is 8.97. The molecule has 1 heterocycles. The Morgan fingerprint density at radius 3 is 2.83 bits per heavy atom. The average Bonchev–Trinajstić information content (AvgIpc) is 2.37. The van der Waals surface area contributed by atoms with Crippen molar-refractivity contribution < 1.29 is 4.79 Å². The van der Waals surface area contributed by atoms with Gasteiger partial charge in [0.2, 0.25) is 0 Å². The Bertz CT molecular complexity index is 186. The molecule has 0 spiro atoms. The van der Waals surface area contributed by atoms with Crippen molar-refractivity contribution in [3.8, 4) is 0 Å². The minimum Gasteiger partial charge on any atom is -0.316 e. The number of nitrogens with one attached hydrogen (secondary N) is 1. The van der Waals surface area contributed by atoms with Crippen LogP contribution in [0.5, 0.6) is 0 Å². The molecule has 0 bridgehead atoms. The Kier molecular flexibility index (Phi) is 3.48. The number of rotatable bonds is 3. The minimum absolute atomic E-state index is 0.281. The lowest BCUT2D eigenvalue weighted by Crippen LogP contribution is -2.11. The second kappa shape index (κ2) is 4.41. The van der Waals surface area contributed by atoms with Gasteiger partial charge in [0.1, 0.15) is 0 Å². The van der Waals surface area contributed by atoms with Crippen LogP contribution in [0.4, 0.5) is 0 Å². The van der Waals surface area contributed by atoms with Crippen molar-refractivity contribution >= 4 is 5.78 Å². The van der Waals surface area contributed by atoms with Crippen molar-refractivity contribution in [2.45, 2.75) is 26.7 Å². The fraction of sp³-hybridized carbons (Fsp3) is 0.700. The van der Waals surface area contributed by atoms with E-state index in [1.165, 1.54) is 0 Å². The maximum atomic E-state index is 11.3. The quantitative estimate of drug-likeness (QED) is 0.646. The summed E-state index contributed by atoms with van der Waals surface area (Å²) in [6.07, 6.45) is 3.62. The van der Waals surface area contributed by atoms with Gasteiger partial charge in [-0.3, -0.25) is 4.79 Å². The van der Waals surface area contributed by atoms with Crippen molar-refractivity contribution in [1.82, 2.24) is 5.32 Å². The maximum absolute atomic E-state index is 11.3. The lowest BCUT2D eigenvalue weighted by Gasteiger charge is -2.03. The van der Waals surface area contributed by atoms with Gasteiger partial charge in [0.05, 0.1) is 0 Å². The molecule has 0 saturated carbocycles. The lowest BCUT2D eigenvalue weighted by molar-refractivity contribution is -0.115. The molecule has 2 heteroatoms. The first-order valence-electron chi connectivity index (χ1n) is 4.57. The highest BCUT2D eigenvalue weighted by molar-refractivity contribution is 5.90. The standard InChI is InChI=1S/C10H17NO/c1-8(2)5-10(12)6-9-3-4-11-7-9/h5,9,11H,3-4,6-7H2,1-2H3. The van der Waals surface area contributed by atoms with Gasteiger partial charge in [-0.2, -0.15) is 0 Å². The van der Waals surface area contributed by atoms with E-state index in [1.54, 1.807) is 6.08 Å². The fourth-order valence-corrected chi connectivity index (χ4v) is 1.55. The van der Waals surface area contributed by atoms with E-state index in [0.717, 1.165) is 31.5 Å². The minimum atomic E-state index is 0.281. The van der Waals surface area contributed by atoms with E-state index in [-0.39, 0.29) is 5.78 Å². The van der Waals surface area contributed by atoms with Gasteiger partial charge in [-0.05, 0) is 45.4 Å². The third-order valence-electron chi connectivity index (χ3n) is 2.10. The Morgan fingerprint density at radius 1 is 1.58 bits per heavy atom. The summed E-state index contributed by atoms with van der Waals surface area (Å²) < 4.78 is 0. The molecular formula is C10H17NO. The molecule has 0 aliphatic carbocycles. The molecule has 12 heavy (non-hydrogen) atoms. The highest BCUT2D eigenvalue weighted by Crippen LogP contribution is 2.13. The first kappa shape index (κ1) is 9.46. The third-order valence-corrected chi connectivity index (χ3v) is 2.10. The molecule has 1 aliphatic rings. The number of carbonyl (C=O) groups is 1. The van der Waals surface area contributed by atoms with Crippen LogP contribution in [0, 0.1) is 5.92 Å². The average molecular weight is 167 g/mol. The second-order valence-electron chi connectivity index (χ2n) is 3.75. The maximum Gasteiger partial charge on any atom is 0.155 e. The zero-order valence-electron chi connectivity index (χ0n) is 7.89. The van der Waals surface area contributed by atoms with Crippen molar-refractivity contribution in [3.63, 3.8) is 0 Å². The predicted molar refractivity (Wildman–Crippen MR) is 50.0 cm³/mol. The first-order valence-corrected chi connectivity index (χ1v) is 4.57. The van der Waals surface area contributed by atoms with E-state index in [9.17, 15) is 4.79 Å². The molecule has 1 unspecified atom stereocenters. The van der Waals surface area contributed by atoms with Crippen LogP contribution in [0.1, 0.15) is 26.7 Å². The van der Waals surface area contributed by atoms with Gasteiger partial charge in [0.15, 0.2) is 5.78 Å². The van der Waals surface area contributed by atoms with Crippen LogP contribution in [0.25, 0.3) is 0 Å². The summed E-state index contributed by atoms with van der Waals surface area (Å²) in [6.45, 7) is 6.02. The number of allylic oxidation sites excluding steroid dienone is 2. The normalized spacial score (nSPS) is 22.3. The van der Waals surface area contributed by atoms with Gasteiger partial charge in [-0.15, -0.1) is 0 Å². The van der Waals surface area contributed by atoms with Gasteiger partial charge in [-0.25, -0.2) is 0 Å². The highest BCUT2D eigenvalue weighted by Gasteiger charge is 2.16. The van der Waals surface area contributed by atoms with Gasteiger partial charge in [0, 0.05) is 6.42 Å². The fourth-order valence-electron chi connectivity index (χ4n) is 1.55. The van der Waals surface area contributed by atoms with Crippen molar-refractivity contribution in [1.29, 1.82) is 0 Å². The summed E-state index contributed by atoms with van der Waals surface area (Å²) in [5.41, 5.74) is 1.10. The molecule has 1 rings (SSSR count). The molecule has 1 atom stereocenters. The van der Waals surface area contributed by atoms with Gasteiger partial charge >= 0.3 is 0 Å². The van der Waals surface area contributed by atoms with E-state index in [4.69, 9.17) is 0 Å². The number of hydrogen-bond acceptors (Lipinski definition) is 2. The summed E-state index contributed by atoms with van der Waals surface area (Å²) in [4.78, 5) is 11.3. The highest BCUT2D eigenvalue weighted by atomic mass is 16.1. The SMILES string of the molecule is CC(C)=CC(=O)CC1CCNC1. The molecule has 1 N–H and O–H groups in total. The van der Waals surface area contributed by atoms with Crippen molar-refractivity contribution in [2.24, 2.45) is 5.92 Å². The Balaban J connectivity index is 2.30. The molecule has 68 valence electrons. The van der Waals surface area contributed by atoms with Crippen LogP contribution in [0.2, 0.25) is 0 Å². The van der Waals surface area contributed by atoms with Gasteiger partial charge in [-0.1, -0.05) is 5.57 Å². The van der Waals surface area contributed by atoms with Gasteiger partial charge in [0.25, 0.3) is 0 Å². The predicted octanol–water partition coefficient (Wildman–Crippen LogP) is 1.52. The lowest BCUT2D eigenvalue weighted by atomic mass is 10.0. The monoisotopic (exact) mass is 167 g/mol. The van der Waals surface area contributed by atoms with Gasteiger partial charge < -0.3 is 5.32 Å². The Hall–Kier alpha value is -0.630. The van der Waals surface area contributed by atoms with E-state index >= 15 is 0 Å². The molecule has 1 fully saturated rings. The molecule has 0 radical (unpaired) electrons. The number of hydrogen-bond donors (Lipinski definition) is 1. The van der Waals surface area contributed by atoms with E-state index < -0.39 is 0 Å². The topological polar surface area (TPSA) is 29.1 Å². The summed E-state index contributed by atoms with van der Waals surface area (Å²) in [5, 5.41) is 3.26. The summed E-state index contributed by atoms with van der Waals surface area (Å²) in [6, 6.07) is 0.